The third-order valence-electron chi connectivity index (χ3n) is 9.29. The number of unbranched alkanes of at least 4 members (excludes halogenated alkanes) is 11. The first-order valence-corrected chi connectivity index (χ1v) is 21.5. The lowest BCUT2D eigenvalue weighted by atomic mass is 9.99. The van der Waals surface area contributed by atoms with Crippen LogP contribution in [0.1, 0.15) is 149 Å². The molecule has 0 aromatic heterocycles. The summed E-state index contributed by atoms with van der Waals surface area (Å²) in [6.07, 6.45) is 35.3. The van der Waals surface area contributed by atoms with Gasteiger partial charge in [0.05, 0.1) is 6.61 Å². The Balaban J connectivity index is 2.45. The number of esters is 2. The topological polar surface area (TPSA) is 169 Å². The number of carbonyl (C=O) groups is 3. The summed E-state index contributed by atoms with van der Waals surface area (Å²) >= 11 is 0. The maximum atomic E-state index is 12.7. The van der Waals surface area contributed by atoms with Crippen LogP contribution in [0, 0.1) is 0 Å². The van der Waals surface area contributed by atoms with Crippen molar-refractivity contribution < 1.29 is 53.8 Å². The molecular weight excluding hydrogens is 728 g/mol. The molecule has 57 heavy (non-hydrogen) atoms. The van der Waals surface area contributed by atoms with E-state index in [9.17, 15) is 34.8 Å². The number of aliphatic hydroxyl groups is 3. The molecule has 0 saturated carbocycles. The van der Waals surface area contributed by atoms with E-state index in [0.29, 0.717) is 12.8 Å². The fraction of sp³-hybridized carbons (Fsp3) is 0.674. The SMILES string of the molecule is CC/C=C\C/C=C\C/C=C\C/C=C\CCCCC(=O)OCC(COC1OC(C(=O)O)C(O)C(O)C1O)OC(=O)CCCCCCC/C=C\C/C=C\CCCCCC. The van der Waals surface area contributed by atoms with E-state index in [2.05, 4.69) is 86.8 Å². The fourth-order valence-corrected chi connectivity index (χ4v) is 5.90. The molecule has 0 spiro atoms. The first-order valence-electron chi connectivity index (χ1n) is 21.5. The molecule has 1 aliphatic heterocycles. The Labute approximate surface area is 342 Å². The van der Waals surface area contributed by atoms with Crippen LogP contribution in [-0.2, 0) is 33.3 Å². The van der Waals surface area contributed by atoms with E-state index in [1.807, 2.05) is 0 Å². The van der Waals surface area contributed by atoms with E-state index in [1.165, 1.54) is 25.7 Å². The third-order valence-corrected chi connectivity index (χ3v) is 9.29. The second-order valence-corrected chi connectivity index (χ2v) is 14.4. The largest absolute Gasteiger partial charge is 0.479 e. The molecule has 1 saturated heterocycles. The minimum Gasteiger partial charge on any atom is -0.479 e. The van der Waals surface area contributed by atoms with Crippen molar-refractivity contribution in [2.75, 3.05) is 13.2 Å². The van der Waals surface area contributed by atoms with E-state index in [-0.39, 0.29) is 19.4 Å². The van der Waals surface area contributed by atoms with E-state index >= 15 is 0 Å². The highest BCUT2D eigenvalue weighted by Gasteiger charge is 2.47. The summed E-state index contributed by atoms with van der Waals surface area (Å²) in [4.78, 5) is 36.8. The van der Waals surface area contributed by atoms with Crippen LogP contribution in [0.4, 0.5) is 0 Å². The van der Waals surface area contributed by atoms with Crippen molar-refractivity contribution in [3.05, 3.63) is 72.9 Å². The van der Waals surface area contributed by atoms with Gasteiger partial charge < -0.3 is 39.4 Å². The van der Waals surface area contributed by atoms with Crippen molar-refractivity contribution >= 4 is 17.9 Å². The van der Waals surface area contributed by atoms with Gasteiger partial charge in [0.15, 0.2) is 18.5 Å². The molecule has 0 radical (unpaired) electrons. The number of carbonyl (C=O) groups excluding carboxylic acids is 2. The minimum absolute atomic E-state index is 0.154. The van der Waals surface area contributed by atoms with Crippen LogP contribution in [0.15, 0.2) is 72.9 Å². The summed E-state index contributed by atoms with van der Waals surface area (Å²) in [5.41, 5.74) is 0. The molecule has 4 N–H and O–H groups in total. The Kier molecular flexibility index (Phi) is 32.4. The summed E-state index contributed by atoms with van der Waals surface area (Å²) in [5, 5.41) is 39.8. The highest BCUT2D eigenvalue weighted by atomic mass is 16.7. The van der Waals surface area contributed by atoms with Crippen molar-refractivity contribution in [3.8, 4) is 0 Å². The van der Waals surface area contributed by atoms with Crippen LogP contribution in [0.25, 0.3) is 0 Å². The molecule has 0 bridgehead atoms. The Morgan fingerprint density at radius 3 is 1.60 bits per heavy atom. The van der Waals surface area contributed by atoms with Crippen molar-refractivity contribution in [1.29, 1.82) is 0 Å². The fourth-order valence-electron chi connectivity index (χ4n) is 5.90. The van der Waals surface area contributed by atoms with Gasteiger partial charge in [-0.15, -0.1) is 0 Å². The Bertz CT molecular complexity index is 1220. The molecule has 324 valence electrons. The molecule has 1 rings (SSSR count). The molecule has 6 atom stereocenters. The monoisotopic (exact) mass is 803 g/mol. The molecule has 1 aliphatic rings. The Morgan fingerprint density at radius 2 is 1.04 bits per heavy atom. The Hall–Kier alpha value is -3.35. The maximum Gasteiger partial charge on any atom is 0.335 e. The molecule has 1 fully saturated rings. The molecule has 0 aromatic rings. The molecular formula is C46H74O11. The molecule has 1 heterocycles. The summed E-state index contributed by atoms with van der Waals surface area (Å²) < 4.78 is 21.6. The van der Waals surface area contributed by atoms with Crippen LogP contribution < -0.4 is 0 Å². The molecule has 11 nitrogen and oxygen atoms in total. The average Bonchev–Trinajstić information content (AvgIpc) is 3.19. The van der Waals surface area contributed by atoms with Crippen LogP contribution in [0.3, 0.4) is 0 Å². The van der Waals surface area contributed by atoms with Gasteiger partial charge in [0, 0.05) is 12.8 Å². The quantitative estimate of drug-likeness (QED) is 0.0278. The van der Waals surface area contributed by atoms with E-state index in [1.54, 1.807) is 0 Å². The normalized spacial score (nSPS) is 20.9. The van der Waals surface area contributed by atoms with Gasteiger partial charge in [-0.05, 0) is 83.5 Å². The van der Waals surface area contributed by atoms with E-state index in [4.69, 9.17) is 18.9 Å². The first-order chi connectivity index (χ1) is 27.7. The predicted octanol–water partition coefficient (Wildman–Crippen LogP) is 8.92. The highest BCUT2D eigenvalue weighted by Crippen LogP contribution is 2.23. The third kappa shape index (κ3) is 27.8. The van der Waals surface area contributed by atoms with Crippen molar-refractivity contribution in [2.45, 2.75) is 185 Å². The lowest BCUT2D eigenvalue weighted by Gasteiger charge is -2.38. The van der Waals surface area contributed by atoms with E-state index < -0.39 is 61.3 Å². The van der Waals surface area contributed by atoms with Gasteiger partial charge in [0.25, 0.3) is 0 Å². The van der Waals surface area contributed by atoms with Gasteiger partial charge in [0.2, 0.25) is 0 Å². The van der Waals surface area contributed by atoms with Gasteiger partial charge in [-0.25, -0.2) is 4.79 Å². The van der Waals surface area contributed by atoms with Gasteiger partial charge in [0.1, 0.15) is 24.9 Å². The molecule has 0 aromatic carbocycles. The number of allylic oxidation sites excluding steroid dienone is 12. The maximum absolute atomic E-state index is 12.7. The zero-order valence-corrected chi connectivity index (χ0v) is 34.8. The van der Waals surface area contributed by atoms with Gasteiger partial charge >= 0.3 is 17.9 Å². The van der Waals surface area contributed by atoms with Gasteiger partial charge in [-0.1, -0.05) is 125 Å². The lowest BCUT2D eigenvalue weighted by molar-refractivity contribution is -0.298. The second kappa shape index (κ2) is 35.8. The molecule has 11 heteroatoms. The van der Waals surface area contributed by atoms with Crippen molar-refractivity contribution in [2.24, 2.45) is 0 Å². The zero-order chi connectivity index (χ0) is 41.8. The summed E-state index contributed by atoms with van der Waals surface area (Å²) in [5.74, 6) is -2.53. The predicted molar refractivity (Wildman–Crippen MR) is 224 cm³/mol. The number of ether oxygens (including phenoxy) is 4. The Morgan fingerprint density at radius 1 is 0.561 bits per heavy atom. The van der Waals surface area contributed by atoms with Crippen LogP contribution in [0.2, 0.25) is 0 Å². The van der Waals surface area contributed by atoms with Gasteiger partial charge in [-0.3, -0.25) is 9.59 Å². The number of aliphatic hydroxyl groups excluding tert-OH is 3. The standard InChI is InChI=1S/C46H74O11/c1-3-5-7-9-11-13-15-17-19-21-23-25-27-29-31-33-35-40(48)56-38(37-55-46-43(51)41(49)42(50)44(57-46)45(52)53)36-54-39(47)34-32-30-28-26-24-22-20-18-16-14-12-10-8-6-4-2/h6,8,12-15,18-21,24,26,38,41-44,46,49-51H,3-5,7,9-11,16-17,22-23,25,27-37H2,1-2H3,(H,52,53)/b8-6-,14-12-,15-13-,20-18-,21-19-,26-24-. The number of hydrogen-bond acceptors (Lipinski definition) is 10. The lowest BCUT2D eigenvalue weighted by Crippen LogP contribution is -2.60. The summed E-state index contributed by atoms with van der Waals surface area (Å²) in [6.45, 7) is 3.61. The number of rotatable bonds is 34. The number of carboxylic acids is 1. The van der Waals surface area contributed by atoms with Crippen LogP contribution in [0.5, 0.6) is 0 Å². The molecule has 0 amide bonds. The molecule has 0 aliphatic carbocycles. The number of carboxylic acid groups (broad SMARTS) is 1. The molecule has 6 unspecified atom stereocenters. The average molecular weight is 803 g/mol. The van der Waals surface area contributed by atoms with E-state index in [0.717, 1.165) is 83.5 Å². The second-order valence-electron chi connectivity index (χ2n) is 14.4. The summed E-state index contributed by atoms with van der Waals surface area (Å²) in [6, 6.07) is 0. The number of aliphatic carboxylic acids is 1. The van der Waals surface area contributed by atoms with Gasteiger partial charge in [-0.2, -0.15) is 0 Å². The van der Waals surface area contributed by atoms with Crippen LogP contribution >= 0.6 is 0 Å². The summed E-state index contributed by atoms with van der Waals surface area (Å²) in [7, 11) is 0. The van der Waals surface area contributed by atoms with Crippen LogP contribution in [-0.4, -0.2) is 88.4 Å². The minimum atomic E-state index is -1.87. The number of hydrogen-bond donors (Lipinski definition) is 4. The van der Waals surface area contributed by atoms with Crippen molar-refractivity contribution in [1.82, 2.24) is 0 Å². The zero-order valence-electron chi connectivity index (χ0n) is 34.8. The van der Waals surface area contributed by atoms with Crippen molar-refractivity contribution in [3.63, 3.8) is 0 Å². The highest BCUT2D eigenvalue weighted by molar-refractivity contribution is 5.73. The smallest absolute Gasteiger partial charge is 0.335 e. The first kappa shape index (κ1) is 51.7.